The van der Waals surface area contributed by atoms with Crippen LogP contribution >= 0.6 is 0 Å². The van der Waals surface area contributed by atoms with Crippen LogP contribution in [-0.2, 0) is 21.3 Å². The number of anilines is 1. The van der Waals surface area contributed by atoms with Crippen molar-refractivity contribution in [3.05, 3.63) is 70.4 Å². The summed E-state index contributed by atoms with van der Waals surface area (Å²) < 4.78 is 135. The number of carbonyl (C=O) groups is 1. The van der Waals surface area contributed by atoms with Gasteiger partial charge in [-0.15, -0.1) is 10.2 Å². The number of carbonyl (C=O) groups excluding carboxylic acids is 1. The second-order valence-electron chi connectivity index (χ2n) is 9.10. The highest BCUT2D eigenvalue weighted by atomic mass is 32.2. The van der Waals surface area contributed by atoms with E-state index in [1.165, 1.54) is 18.2 Å². The number of halogens is 8. The average Bonchev–Trinajstić information content (AvgIpc) is 3.63. The van der Waals surface area contributed by atoms with Gasteiger partial charge in [0.15, 0.2) is 17.3 Å². The number of hydrogen-bond acceptors (Lipinski definition) is 6. The third kappa shape index (κ3) is 5.31. The molecule has 1 amide bonds. The summed E-state index contributed by atoms with van der Waals surface area (Å²) in [5, 5.41) is 8.44. The molecule has 1 aliphatic rings. The summed E-state index contributed by atoms with van der Waals surface area (Å²) in [5.74, 6) is -7.07. The molecule has 0 saturated heterocycles. The minimum absolute atomic E-state index is 0.00717. The normalized spacial score (nSPS) is 16.2. The molecule has 1 heterocycles. The Morgan fingerprint density at radius 3 is 2.25 bits per heavy atom. The zero-order valence-corrected chi connectivity index (χ0v) is 21.2. The topological polar surface area (TPSA) is 105 Å². The maximum atomic E-state index is 14.9. The summed E-state index contributed by atoms with van der Waals surface area (Å²) in [6.07, 6.45) is -9.76. The van der Waals surface area contributed by atoms with E-state index in [2.05, 4.69) is 15.5 Å². The number of nitrogens with zero attached hydrogens (tertiary/aromatic N) is 2. The molecule has 1 aromatic heterocycles. The fraction of sp³-hybridized carbons (Fsp3) is 0.292. The Morgan fingerprint density at radius 2 is 1.70 bits per heavy atom. The molecule has 16 heteroatoms. The van der Waals surface area contributed by atoms with Gasteiger partial charge in [0.05, 0.1) is 15.1 Å². The first-order valence-corrected chi connectivity index (χ1v) is 13.2. The van der Waals surface area contributed by atoms with Gasteiger partial charge in [0.2, 0.25) is 5.82 Å². The smallest absolute Gasteiger partial charge is 0.434 e. The van der Waals surface area contributed by atoms with Crippen LogP contribution in [0, 0.1) is 23.3 Å². The number of rotatable bonds is 6. The molecule has 2 aromatic carbocycles. The molecule has 1 atom stereocenters. The number of hydrogen-bond donors (Lipinski definition) is 2. The largest absolute Gasteiger partial charge is 0.435 e. The van der Waals surface area contributed by atoms with Crippen LogP contribution in [0.4, 0.5) is 40.8 Å². The molecule has 40 heavy (non-hydrogen) atoms. The van der Waals surface area contributed by atoms with Gasteiger partial charge in [0, 0.05) is 22.4 Å². The molecule has 1 aliphatic carbocycles. The molecule has 0 aliphatic heterocycles. The monoisotopic (exact) mass is 594 g/mol. The second kappa shape index (κ2) is 9.67. The lowest BCUT2D eigenvalue weighted by Gasteiger charge is -2.21. The summed E-state index contributed by atoms with van der Waals surface area (Å²) in [5.41, 5.74) is -6.90. The van der Waals surface area contributed by atoms with Crippen molar-refractivity contribution < 1.29 is 48.9 Å². The lowest BCUT2D eigenvalue weighted by Crippen LogP contribution is -2.30. The van der Waals surface area contributed by atoms with Gasteiger partial charge in [-0.25, -0.2) is 13.4 Å². The molecule has 0 spiro atoms. The predicted octanol–water partition coefficient (Wildman–Crippen LogP) is 6.76. The van der Waals surface area contributed by atoms with Crippen LogP contribution in [0.3, 0.4) is 0 Å². The quantitative estimate of drug-likeness (QED) is 0.307. The van der Waals surface area contributed by atoms with E-state index in [9.17, 15) is 44.1 Å². The van der Waals surface area contributed by atoms with Crippen molar-refractivity contribution in [2.45, 2.75) is 42.4 Å². The van der Waals surface area contributed by atoms with Crippen LogP contribution in [0.2, 0.25) is 0 Å². The molecule has 3 aromatic rings. The minimum atomic E-state index is -5.08. The Balaban J connectivity index is 1.76. The molecule has 4 rings (SSSR count). The van der Waals surface area contributed by atoms with E-state index in [1.54, 1.807) is 0 Å². The Morgan fingerprint density at radius 1 is 1.05 bits per heavy atom. The Hall–Kier alpha value is -3.82. The van der Waals surface area contributed by atoms with Crippen molar-refractivity contribution in [2.24, 2.45) is 0 Å². The number of nitrogens with one attached hydrogen (secondary N) is 2. The molecule has 0 radical (unpaired) electrons. The van der Waals surface area contributed by atoms with Crippen LogP contribution in [-0.4, -0.2) is 32.7 Å². The number of benzene rings is 2. The van der Waals surface area contributed by atoms with Crippen LogP contribution < -0.4 is 10.1 Å². The van der Waals surface area contributed by atoms with Crippen molar-refractivity contribution in [1.29, 1.82) is 4.78 Å². The lowest BCUT2D eigenvalue weighted by atomic mass is 9.94. The first kappa shape index (κ1) is 29.2. The minimum Gasteiger partial charge on any atom is -0.434 e. The zero-order valence-electron chi connectivity index (χ0n) is 20.4. The van der Waals surface area contributed by atoms with Crippen LogP contribution in [0.5, 0.6) is 11.6 Å². The Bertz CT molecular complexity index is 1620. The molecule has 7 nitrogen and oxygen atoms in total. The fourth-order valence-electron chi connectivity index (χ4n) is 4.03. The van der Waals surface area contributed by atoms with Crippen molar-refractivity contribution in [2.75, 3.05) is 11.6 Å². The van der Waals surface area contributed by atoms with Gasteiger partial charge >= 0.3 is 12.4 Å². The van der Waals surface area contributed by atoms with E-state index in [1.807, 2.05) is 0 Å². The van der Waals surface area contributed by atoms with Crippen molar-refractivity contribution in [3.8, 4) is 11.6 Å². The number of aromatic nitrogens is 2. The molecule has 214 valence electrons. The number of alkyl halides is 6. The average molecular weight is 594 g/mol. The van der Waals surface area contributed by atoms with E-state index in [4.69, 9.17) is 9.52 Å². The van der Waals surface area contributed by atoms with Crippen molar-refractivity contribution >= 4 is 21.3 Å². The summed E-state index contributed by atoms with van der Waals surface area (Å²) >= 11 is 0. The van der Waals surface area contributed by atoms with Crippen LogP contribution in [0.25, 0.3) is 0 Å². The summed E-state index contributed by atoms with van der Waals surface area (Å²) in [7, 11) is -3.23. The molecule has 0 bridgehead atoms. The molecule has 1 unspecified atom stereocenters. The molecular formula is C24H18F8N4O3S. The van der Waals surface area contributed by atoms with E-state index in [0.29, 0.717) is 12.1 Å². The highest BCUT2D eigenvalue weighted by molar-refractivity contribution is 7.91. The van der Waals surface area contributed by atoms with Gasteiger partial charge in [-0.05, 0) is 49.6 Å². The van der Waals surface area contributed by atoms with Gasteiger partial charge in [0.25, 0.3) is 11.8 Å². The lowest BCUT2D eigenvalue weighted by molar-refractivity contribution is -0.161. The molecule has 1 fully saturated rings. The SMILES string of the molecule is Cc1c(C(F)(F)F)nnc(Oc2ccc(C3(C(F)(F)F)CC3)c(F)c2F)c1C(=O)Nc1cccc(S(C)(=N)=O)c1. The summed E-state index contributed by atoms with van der Waals surface area (Å²) in [6, 6.07) is 6.37. The first-order valence-electron chi connectivity index (χ1n) is 11.2. The van der Waals surface area contributed by atoms with Gasteiger partial charge in [0.1, 0.15) is 5.56 Å². The van der Waals surface area contributed by atoms with Crippen molar-refractivity contribution in [1.82, 2.24) is 10.2 Å². The maximum Gasteiger partial charge on any atom is 0.435 e. The molecule has 2 N–H and O–H groups in total. The maximum absolute atomic E-state index is 14.9. The van der Waals surface area contributed by atoms with E-state index in [-0.39, 0.29) is 10.6 Å². The number of amides is 1. The van der Waals surface area contributed by atoms with Crippen LogP contribution in [0.15, 0.2) is 41.3 Å². The number of ether oxygens (including phenoxy) is 1. The predicted molar refractivity (Wildman–Crippen MR) is 125 cm³/mol. The standard InChI is InChI=1S/C24H18F8N4O3S/c1-11-16(20(37)34-12-4-3-5-13(10-12)40(2,33)38)21(36-35-19(11)23(27,28)29)39-15-7-6-14(17(25)18(15)26)22(8-9-22)24(30,31)32/h3-7,10,33H,8-9H2,1-2H3,(H,34,37). The third-order valence-electron chi connectivity index (χ3n) is 6.28. The zero-order chi connectivity index (χ0) is 29.8. The second-order valence-corrected chi connectivity index (χ2v) is 11.3. The van der Waals surface area contributed by atoms with Gasteiger partial charge in [-0.3, -0.25) is 4.79 Å². The highest BCUT2D eigenvalue weighted by Crippen LogP contribution is 2.59. The summed E-state index contributed by atoms with van der Waals surface area (Å²) in [6.45, 7) is 0.846. The van der Waals surface area contributed by atoms with Gasteiger partial charge < -0.3 is 10.1 Å². The molecular weight excluding hydrogens is 576 g/mol. The summed E-state index contributed by atoms with van der Waals surface area (Å²) in [4.78, 5) is 13.1. The Labute approximate surface area is 221 Å². The fourth-order valence-corrected chi connectivity index (χ4v) is 4.72. The van der Waals surface area contributed by atoms with Crippen molar-refractivity contribution in [3.63, 3.8) is 0 Å². The van der Waals surface area contributed by atoms with E-state index >= 15 is 0 Å². The van der Waals surface area contributed by atoms with Gasteiger partial charge in [-0.1, -0.05) is 12.1 Å². The molecule has 1 saturated carbocycles. The first-order chi connectivity index (χ1) is 18.4. The van der Waals surface area contributed by atoms with E-state index in [0.717, 1.165) is 19.2 Å². The van der Waals surface area contributed by atoms with E-state index < -0.39 is 91.9 Å². The third-order valence-corrected chi connectivity index (χ3v) is 7.44. The Kier molecular flexibility index (Phi) is 7.05. The van der Waals surface area contributed by atoms with Gasteiger partial charge in [-0.2, -0.15) is 30.7 Å². The highest BCUT2D eigenvalue weighted by Gasteiger charge is 2.65. The van der Waals surface area contributed by atoms with Crippen LogP contribution in [0.1, 0.15) is 40.0 Å².